The van der Waals surface area contributed by atoms with E-state index in [2.05, 4.69) is 56.6 Å². The highest BCUT2D eigenvalue weighted by molar-refractivity contribution is 9.11. The highest BCUT2D eigenvalue weighted by Crippen LogP contribution is 2.49. The maximum atomic E-state index is 10.6. The zero-order valence-electron chi connectivity index (χ0n) is 11.6. The fraction of sp³-hybridized carbons (Fsp3) is 0.714. The van der Waals surface area contributed by atoms with Crippen molar-refractivity contribution in [3.8, 4) is 0 Å². The van der Waals surface area contributed by atoms with Crippen LogP contribution in [0.5, 0.6) is 0 Å². The van der Waals surface area contributed by atoms with Crippen LogP contribution in [0.15, 0.2) is 9.85 Å². The molecule has 0 aliphatic carbocycles. The van der Waals surface area contributed by atoms with E-state index in [1.165, 1.54) is 5.56 Å². The van der Waals surface area contributed by atoms with E-state index in [9.17, 15) is 5.11 Å². The van der Waals surface area contributed by atoms with Gasteiger partial charge in [0.15, 0.2) is 0 Å². The minimum Gasteiger partial charge on any atom is -0.387 e. The maximum Gasteiger partial charge on any atom is 0.0938 e. The van der Waals surface area contributed by atoms with Gasteiger partial charge in [0.25, 0.3) is 0 Å². The third-order valence-electron chi connectivity index (χ3n) is 3.69. The molecule has 2 unspecified atom stereocenters. The first-order valence-corrected chi connectivity index (χ1v) is 7.87. The van der Waals surface area contributed by atoms with Gasteiger partial charge < -0.3 is 9.84 Å². The number of rotatable bonds is 2. The number of aliphatic hydroxyl groups is 1. The van der Waals surface area contributed by atoms with Crippen LogP contribution in [0.4, 0.5) is 0 Å². The Balaban J connectivity index is 2.26. The lowest BCUT2D eigenvalue weighted by Gasteiger charge is -2.29. The molecule has 1 N–H and O–H groups in total. The molecule has 0 bridgehead atoms. The third-order valence-corrected chi connectivity index (χ3v) is 5.90. The summed E-state index contributed by atoms with van der Waals surface area (Å²) < 4.78 is 7.17. The molecule has 0 saturated carbocycles. The predicted octanol–water partition coefficient (Wildman–Crippen LogP) is 4.45. The summed E-state index contributed by atoms with van der Waals surface area (Å²) in [7, 11) is 0. The van der Waals surface area contributed by atoms with Crippen molar-refractivity contribution in [2.45, 2.75) is 58.3 Å². The van der Waals surface area contributed by atoms with Gasteiger partial charge in [-0.25, -0.2) is 0 Å². The molecule has 2 atom stereocenters. The summed E-state index contributed by atoms with van der Waals surface area (Å²) >= 11 is 5.14. The SMILES string of the molecule is Cc1cc(C(O)C2CC(C)(C)OC2(C)C)sc1Br. The zero-order chi connectivity index (χ0) is 13.7. The van der Waals surface area contributed by atoms with Gasteiger partial charge in [-0.3, -0.25) is 0 Å². The second-order valence-electron chi connectivity index (χ2n) is 6.33. The highest BCUT2D eigenvalue weighted by atomic mass is 79.9. The molecule has 1 saturated heterocycles. The molecule has 2 rings (SSSR count). The van der Waals surface area contributed by atoms with Crippen molar-refractivity contribution >= 4 is 27.3 Å². The molecule has 2 nitrogen and oxygen atoms in total. The lowest BCUT2D eigenvalue weighted by molar-refractivity contribution is -0.0877. The molecule has 2 heterocycles. The standard InChI is InChI=1S/C14H21BrO2S/c1-8-6-10(18-12(8)15)11(16)9-7-13(2,3)17-14(9,4)5/h6,9,11,16H,7H2,1-5H3. The Morgan fingerprint density at radius 2 is 2.06 bits per heavy atom. The van der Waals surface area contributed by atoms with E-state index in [1.807, 2.05) is 0 Å². The van der Waals surface area contributed by atoms with Gasteiger partial charge in [-0.1, -0.05) is 0 Å². The van der Waals surface area contributed by atoms with Gasteiger partial charge in [-0.2, -0.15) is 0 Å². The molecule has 4 heteroatoms. The average molecular weight is 333 g/mol. The second kappa shape index (κ2) is 4.58. The van der Waals surface area contributed by atoms with E-state index in [0.29, 0.717) is 0 Å². The van der Waals surface area contributed by atoms with Crippen molar-refractivity contribution in [2.75, 3.05) is 0 Å². The van der Waals surface area contributed by atoms with Crippen LogP contribution in [-0.4, -0.2) is 16.3 Å². The molecular formula is C14H21BrO2S. The highest BCUT2D eigenvalue weighted by Gasteiger charge is 2.49. The summed E-state index contributed by atoms with van der Waals surface area (Å²) in [5, 5.41) is 10.6. The lowest BCUT2D eigenvalue weighted by atomic mass is 9.82. The van der Waals surface area contributed by atoms with Gasteiger partial charge in [-0.05, 0) is 68.6 Å². The first kappa shape index (κ1) is 14.5. The van der Waals surface area contributed by atoms with E-state index in [-0.39, 0.29) is 17.1 Å². The van der Waals surface area contributed by atoms with Crippen LogP contribution >= 0.6 is 27.3 Å². The minimum absolute atomic E-state index is 0.137. The molecule has 0 aromatic carbocycles. The summed E-state index contributed by atoms with van der Waals surface area (Å²) in [5.41, 5.74) is 0.747. The number of aryl methyl sites for hydroxylation is 1. The number of hydrogen-bond donors (Lipinski definition) is 1. The van der Waals surface area contributed by atoms with E-state index in [4.69, 9.17) is 4.74 Å². The maximum absolute atomic E-state index is 10.6. The fourth-order valence-corrected chi connectivity index (χ4v) is 4.55. The number of ether oxygens (including phenoxy) is 1. The summed E-state index contributed by atoms with van der Waals surface area (Å²) in [5.74, 6) is 0.137. The Kier molecular flexibility index (Phi) is 3.69. The Morgan fingerprint density at radius 1 is 1.44 bits per heavy atom. The van der Waals surface area contributed by atoms with Gasteiger partial charge in [0.1, 0.15) is 0 Å². The van der Waals surface area contributed by atoms with E-state index >= 15 is 0 Å². The van der Waals surface area contributed by atoms with Gasteiger partial charge >= 0.3 is 0 Å². The molecule has 1 aliphatic rings. The summed E-state index contributed by atoms with van der Waals surface area (Å²) in [4.78, 5) is 1.03. The van der Waals surface area contributed by atoms with Gasteiger partial charge in [0, 0.05) is 10.8 Å². The topological polar surface area (TPSA) is 29.5 Å². The Labute approximate surface area is 121 Å². The monoisotopic (exact) mass is 332 g/mol. The zero-order valence-corrected chi connectivity index (χ0v) is 14.0. The Morgan fingerprint density at radius 3 is 2.44 bits per heavy atom. The normalized spacial score (nSPS) is 27.4. The molecule has 1 aliphatic heterocycles. The van der Waals surface area contributed by atoms with Crippen LogP contribution in [0.3, 0.4) is 0 Å². The van der Waals surface area contributed by atoms with Crippen LogP contribution in [0, 0.1) is 12.8 Å². The summed E-state index contributed by atoms with van der Waals surface area (Å²) in [6, 6.07) is 2.07. The molecule has 1 aromatic rings. The molecule has 0 amide bonds. The smallest absolute Gasteiger partial charge is 0.0938 e. The van der Waals surface area contributed by atoms with Crippen molar-refractivity contribution in [3.63, 3.8) is 0 Å². The van der Waals surface area contributed by atoms with Crippen molar-refractivity contribution < 1.29 is 9.84 Å². The molecule has 0 radical (unpaired) electrons. The van der Waals surface area contributed by atoms with Crippen molar-refractivity contribution in [3.05, 3.63) is 20.3 Å². The molecule has 1 aromatic heterocycles. The molecule has 1 fully saturated rings. The van der Waals surface area contributed by atoms with Crippen LogP contribution in [-0.2, 0) is 4.74 Å². The lowest BCUT2D eigenvalue weighted by Crippen LogP contribution is -2.32. The number of hydrogen-bond acceptors (Lipinski definition) is 3. The Bertz CT molecular complexity index is 431. The molecule has 102 valence electrons. The number of halogens is 1. The van der Waals surface area contributed by atoms with Crippen LogP contribution in [0.25, 0.3) is 0 Å². The summed E-state index contributed by atoms with van der Waals surface area (Å²) in [6.07, 6.45) is 0.437. The molecular weight excluding hydrogens is 312 g/mol. The first-order valence-electron chi connectivity index (χ1n) is 6.26. The summed E-state index contributed by atoms with van der Waals surface area (Å²) in [6.45, 7) is 10.4. The largest absolute Gasteiger partial charge is 0.387 e. The molecule has 0 spiro atoms. The predicted molar refractivity (Wildman–Crippen MR) is 79.1 cm³/mol. The van der Waals surface area contributed by atoms with Gasteiger partial charge in [0.2, 0.25) is 0 Å². The quantitative estimate of drug-likeness (QED) is 0.867. The van der Waals surface area contributed by atoms with Crippen LogP contribution < -0.4 is 0 Å². The average Bonchev–Trinajstić information content (AvgIpc) is 2.63. The van der Waals surface area contributed by atoms with E-state index in [0.717, 1.165) is 15.1 Å². The number of aliphatic hydroxyl groups excluding tert-OH is 1. The first-order chi connectivity index (χ1) is 8.12. The van der Waals surface area contributed by atoms with Gasteiger partial charge in [-0.15, -0.1) is 11.3 Å². The fourth-order valence-electron chi connectivity index (χ4n) is 2.92. The second-order valence-corrected chi connectivity index (χ2v) is 8.73. The van der Waals surface area contributed by atoms with Crippen molar-refractivity contribution in [2.24, 2.45) is 5.92 Å². The van der Waals surface area contributed by atoms with Gasteiger partial charge in [0.05, 0.1) is 21.1 Å². The van der Waals surface area contributed by atoms with E-state index in [1.54, 1.807) is 11.3 Å². The van der Waals surface area contributed by atoms with E-state index < -0.39 is 6.10 Å². The van der Waals surface area contributed by atoms with Crippen molar-refractivity contribution in [1.82, 2.24) is 0 Å². The van der Waals surface area contributed by atoms with Crippen LogP contribution in [0.1, 0.15) is 50.7 Å². The Hall–Kier alpha value is 0.100. The molecule has 18 heavy (non-hydrogen) atoms. The van der Waals surface area contributed by atoms with Crippen LogP contribution in [0.2, 0.25) is 0 Å². The minimum atomic E-state index is -0.447. The van der Waals surface area contributed by atoms with Crippen molar-refractivity contribution in [1.29, 1.82) is 0 Å². The number of thiophene rings is 1. The third kappa shape index (κ3) is 2.67.